The van der Waals surface area contributed by atoms with Gasteiger partial charge >= 0.3 is 0 Å². The van der Waals surface area contributed by atoms with E-state index in [1.165, 1.54) is 12.1 Å². The van der Waals surface area contributed by atoms with Gasteiger partial charge in [0.15, 0.2) is 0 Å². The first-order chi connectivity index (χ1) is 10.3. The Kier molecular flexibility index (Phi) is 4.77. The lowest BCUT2D eigenvalue weighted by Crippen LogP contribution is -2.23. The average Bonchev–Trinajstić information content (AvgIpc) is 2.47. The summed E-state index contributed by atoms with van der Waals surface area (Å²) in [7, 11) is -3.87. The van der Waals surface area contributed by atoms with Crippen LogP contribution in [0.4, 0.5) is 5.69 Å². The van der Waals surface area contributed by atoms with Crippen molar-refractivity contribution in [3.05, 3.63) is 53.6 Å². The number of hydrogen-bond acceptors (Lipinski definition) is 5. The third-order valence-electron chi connectivity index (χ3n) is 3.06. The molecule has 2 aromatic rings. The van der Waals surface area contributed by atoms with E-state index in [2.05, 4.69) is 4.72 Å². The van der Waals surface area contributed by atoms with Crippen molar-refractivity contribution in [1.82, 2.24) is 0 Å². The number of carbonyl (C=O) groups is 1. The summed E-state index contributed by atoms with van der Waals surface area (Å²) < 4.78 is 27.3. The van der Waals surface area contributed by atoms with Crippen LogP contribution in [0.15, 0.2) is 52.3 Å². The molecule has 1 N–H and O–H groups in total. The van der Waals surface area contributed by atoms with Gasteiger partial charge in [-0.3, -0.25) is 4.72 Å². The normalized spacial score (nSPS) is 11.2. The highest BCUT2D eigenvalue weighted by atomic mass is 32.2. The van der Waals surface area contributed by atoms with Gasteiger partial charge in [-0.05, 0) is 54.6 Å². The summed E-state index contributed by atoms with van der Waals surface area (Å²) in [4.78, 5) is 11.8. The summed E-state index contributed by atoms with van der Waals surface area (Å²) in [6.45, 7) is 1.60. The zero-order chi connectivity index (χ0) is 16.3. The number of hydrogen-bond donors (Lipinski definition) is 1. The van der Waals surface area contributed by atoms with Crippen molar-refractivity contribution in [1.29, 1.82) is 0 Å². The highest BCUT2D eigenvalue weighted by Gasteiger charge is 2.17. The number of carboxylic acids is 1. The van der Waals surface area contributed by atoms with Gasteiger partial charge in [-0.25, -0.2) is 8.42 Å². The van der Waals surface area contributed by atoms with Crippen LogP contribution in [0.2, 0.25) is 0 Å². The minimum absolute atomic E-state index is 0.0804. The summed E-state index contributed by atoms with van der Waals surface area (Å²) in [6.07, 6.45) is 1.92. The Morgan fingerprint density at radius 2 is 1.77 bits per heavy atom. The fraction of sp³-hybridized carbons (Fsp3) is 0.133. The molecule has 2 rings (SSSR count). The lowest BCUT2D eigenvalue weighted by atomic mass is 10.1. The molecule has 0 radical (unpaired) electrons. The number of aryl methyl sites for hydroxylation is 1. The topological polar surface area (TPSA) is 86.3 Å². The number of benzene rings is 2. The van der Waals surface area contributed by atoms with E-state index in [-0.39, 0.29) is 10.5 Å². The molecule has 0 aliphatic carbocycles. The maximum atomic E-state index is 12.4. The van der Waals surface area contributed by atoms with Crippen molar-refractivity contribution >= 4 is 33.4 Å². The molecular formula is C15H14NO4S2-. The molecule has 0 spiro atoms. The Labute approximate surface area is 133 Å². The van der Waals surface area contributed by atoms with Crippen LogP contribution in [-0.4, -0.2) is 20.6 Å². The Morgan fingerprint density at radius 1 is 1.14 bits per heavy atom. The van der Waals surface area contributed by atoms with E-state index in [0.717, 1.165) is 11.0 Å². The van der Waals surface area contributed by atoms with Crippen molar-refractivity contribution in [2.75, 3.05) is 11.0 Å². The van der Waals surface area contributed by atoms with E-state index < -0.39 is 16.0 Å². The van der Waals surface area contributed by atoms with Gasteiger partial charge in [0.1, 0.15) is 0 Å². The van der Waals surface area contributed by atoms with E-state index in [9.17, 15) is 18.3 Å². The van der Waals surface area contributed by atoms with Gasteiger partial charge in [-0.1, -0.05) is 12.1 Å². The van der Waals surface area contributed by atoms with Gasteiger partial charge in [0.2, 0.25) is 0 Å². The summed E-state index contributed by atoms with van der Waals surface area (Å²) in [6, 6.07) is 10.8. The molecule has 0 heterocycles. The molecule has 116 valence electrons. The molecule has 5 nitrogen and oxygen atoms in total. The first kappa shape index (κ1) is 16.4. The molecule has 0 saturated carbocycles. The average molecular weight is 336 g/mol. The van der Waals surface area contributed by atoms with Gasteiger partial charge in [-0.15, -0.1) is 11.8 Å². The molecule has 0 atom stereocenters. The molecule has 2 aromatic carbocycles. The van der Waals surface area contributed by atoms with Crippen LogP contribution in [-0.2, 0) is 10.0 Å². The number of rotatable bonds is 5. The van der Waals surface area contributed by atoms with Gasteiger partial charge in [-0.2, -0.15) is 0 Å². The largest absolute Gasteiger partial charge is 0.545 e. The number of thioether (sulfide) groups is 1. The second kappa shape index (κ2) is 6.41. The van der Waals surface area contributed by atoms with E-state index in [4.69, 9.17) is 0 Å². The third-order valence-corrected chi connectivity index (χ3v) is 5.32. The van der Waals surface area contributed by atoms with Gasteiger partial charge in [0.25, 0.3) is 10.0 Å². The van der Waals surface area contributed by atoms with Crippen molar-refractivity contribution < 1.29 is 18.3 Å². The van der Waals surface area contributed by atoms with Crippen LogP contribution in [0.25, 0.3) is 0 Å². The quantitative estimate of drug-likeness (QED) is 0.843. The van der Waals surface area contributed by atoms with E-state index in [0.29, 0.717) is 11.3 Å². The molecule has 0 unspecified atom stereocenters. The van der Waals surface area contributed by atoms with E-state index in [1.807, 2.05) is 6.26 Å². The van der Waals surface area contributed by atoms with Gasteiger partial charge in [0.05, 0.1) is 10.9 Å². The second-order valence-corrected chi connectivity index (χ2v) is 7.13. The van der Waals surface area contributed by atoms with Crippen LogP contribution in [0.1, 0.15) is 15.9 Å². The van der Waals surface area contributed by atoms with E-state index in [1.54, 1.807) is 43.0 Å². The summed E-state index contributed by atoms with van der Waals surface area (Å²) in [5, 5.41) is 10.9. The Balaban J connectivity index is 2.37. The van der Waals surface area contributed by atoms with E-state index >= 15 is 0 Å². The molecule has 7 heteroatoms. The minimum Gasteiger partial charge on any atom is -0.545 e. The summed E-state index contributed by atoms with van der Waals surface area (Å²) >= 11 is 1.55. The zero-order valence-corrected chi connectivity index (χ0v) is 13.6. The maximum absolute atomic E-state index is 12.4. The monoisotopic (exact) mass is 336 g/mol. The van der Waals surface area contributed by atoms with Gasteiger partial charge < -0.3 is 9.90 Å². The molecule has 0 bridgehead atoms. The van der Waals surface area contributed by atoms with Crippen molar-refractivity contribution in [3.63, 3.8) is 0 Å². The molecule has 0 aromatic heterocycles. The Hall–Kier alpha value is -1.99. The van der Waals surface area contributed by atoms with Crippen LogP contribution >= 0.6 is 11.8 Å². The predicted molar refractivity (Wildman–Crippen MR) is 84.5 cm³/mol. The Morgan fingerprint density at radius 3 is 2.32 bits per heavy atom. The lowest BCUT2D eigenvalue weighted by molar-refractivity contribution is -0.255. The number of carboxylic acid groups (broad SMARTS) is 1. The van der Waals surface area contributed by atoms with Gasteiger partial charge in [0, 0.05) is 10.6 Å². The van der Waals surface area contributed by atoms with Crippen molar-refractivity contribution in [2.45, 2.75) is 16.7 Å². The second-order valence-electron chi connectivity index (χ2n) is 4.60. The lowest BCUT2D eigenvalue weighted by Gasteiger charge is -2.12. The molecule has 0 fully saturated rings. The van der Waals surface area contributed by atoms with Crippen LogP contribution in [0.5, 0.6) is 0 Å². The number of sulfonamides is 1. The SMILES string of the molecule is CSc1ccc(NS(=O)(=O)c2cc(C(=O)[O-])ccc2C)cc1. The van der Waals surface area contributed by atoms with Crippen molar-refractivity contribution in [3.8, 4) is 0 Å². The molecular weight excluding hydrogens is 322 g/mol. The molecule has 0 aliphatic rings. The maximum Gasteiger partial charge on any atom is 0.262 e. The highest BCUT2D eigenvalue weighted by Crippen LogP contribution is 2.22. The Bertz CT molecular complexity index is 799. The zero-order valence-electron chi connectivity index (χ0n) is 12.0. The minimum atomic E-state index is -3.87. The molecule has 0 saturated heterocycles. The molecule has 0 amide bonds. The first-order valence-electron chi connectivity index (χ1n) is 6.32. The number of nitrogens with one attached hydrogen (secondary N) is 1. The standard InChI is InChI=1S/C15H15NO4S2/c1-10-3-4-11(15(17)18)9-14(10)22(19,20)16-12-5-7-13(21-2)8-6-12/h3-9,16H,1-2H3,(H,17,18)/p-1. The number of aromatic carboxylic acids is 1. The summed E-state index contributed by atoms with van der Waals surface area (Å²) in [5.41, 5.74) is 0.693. The highest BCUT2D eigenvalue weighted by molar-refractivity contribution is 7.98. The first-order valence-corrected chi connectivity index (χ1v) is 9.03. The summed E-state index contributed by atoms with van der Waals surface area (Å²) in [5.74, 6) is -1.42. The molecule has 22 heavy (non-hydrogen) atoms. The van der Waals surface area contributed by atoms with Crippen molar-refractivity contribution in [2.24, 2.45) is 0 Å². The number of carbonyl (C=O) groups excluding carboxylic acids is 1. The van der Waals surface area contributed by atoms with Crippen LogP contribution in [0, 0.1) is 6.92 Å². The van der Waals surface area contributed by atoms with Crippen LogP contribution in [0.3, 0.4) is 0 Å². The fourth-order valence-electron chi connectivity index (χ4n) is 1.89. The van der Waals surface area contributed by atoms with Crippen LogP contribution < -0.4 is 9.83 Å². The fourth-order valence-corrected chi connectivity index (χ4v) is 3.62. The smallest absolute Gasteiger partial charge is 0.262 e. The number of anilines is 1. The predicted octanol–water partition coefficient (Wildman–Crippen LogP) is 1.88. The molecule has 0 aliphatic heterocycles. The third kappa shape index (κ3) is 3.61.